The molecule has 1 aliphatic rings. The summed E-state index contributed by atoms with van der Waals surface area (Å²) in [5.41, 5.74) is 5.52. The minimum absolute atomic E-state index is 0.0295. The van der Waals surface area contributed by atoms with Gasteiger partial charge in [0.2, 0.25) is 0 Å². The van der Waals surface area contributed by atoms with Crippen LogP contribution in [-0.4, -0.2) is 23.6 Å². The molecule has 5 heteroatoms. The number of pyridine rings is 1. The third-order valence-electron chi connectivity index (χ3n) is 6.51. The van der Waals surface area contributed by atoms with Crippen molar-refractivity contribution in [3.05, 3.63) is 77.2 Å². The molecule has 0 amide bonds. The van der Waals surface area contributed by atoms with Crippen LogP contribution in [0.15, 0.2) is 59.6 Å². The molecule has 2 aromatic carbocycles. The van der Waals surface area contributed by atoms with Crippen molar-refractivity contribution in [1.29, 1.82) is 0 Å². The van der Waals surface area contributed by atoms with Crippen molar-refractivity contribution in [3.63, 3.8) is 0 Å². The largest absolute Gasteiger partial charge is 0.497 e. The van der Waals surface area contributed by atoms with E-state index in [0.29, 0.717) is 11.5 Å². The average Bonchev–Trinajstić information content (AvgIpc) is 2.81. The molecule has 0 fully saturated rings. The van der Waals surface area contributed by atoms with E-state index >= 15 is 0 Å². The van der Waals surface area contributed by atoms with Crippen molar-refractivity contribution in [1.82, 2.24) is 4.98 Å². The fourth-order valence-corrected chi connectivity index (χ4v) is 5.22. The van der Waals surface area contributed by atoms with Gasteiger partial charge in [-0.2, -0.15) is 0 Å². The van der Waals surface area contributed by atoms with Crippen LogP contribution in [0.2, 0.25) is 0 Å². The van der Waals surface area contributed by atoms with Crippen LogP contribution in [-0.2, 0) is 12.8 Å². The highest BCUT2D eigenvalue weighted by Gasteiger charge is 2.31. The normalized spacial score (nSPS) is 15.7. The number of aromatic nitrogens is 1. The van der Waals surface area contributed by atoms with Crippen LogP contribution in [0.4, 0.5) is 4.39 Å². The maximum atomic E-state index is 13.2. The first-order valence-electron chi connectivity index (χ1n) is 11.3. The number of thioether (sulfide) groups is 1. The molecule has 0 bridgehead atoms. The maximum Gasteiger partial charge on any atom is 0.173 e. The second-order valence-corrected chi connectivity index (χ2v) is 10.7. The van der Waals surface area contributed by atoms with E-state index in [4.69, 9.17) is 9.72 Å². The first kappa shape index (κ1) is 23.5. The van der Waals surface area contributed by atoms with Crippen molar-refractivity contribution in [2.75, 3.05) is 12.9 Å². The molecule has 1 aromatic heterocycles. The number of ketones is 1. The molecule has 0 saturated heterocycles. The van der Waals surface area contributed by atoms with Gasteiger partial charge in [0.15, 0.2) is 5.78 Å². The zero-order valence-corrected chi connectivity index (χ0v) is 20.5. The third-order valence-corrected chi connectivity index (χ3v) is 7.42. The Labute approximate surface area is 199 Å². The summed E-state index contributed by atoms with van der Waals surface area (Å²) in [5, 5.41) is 0.851. The molecule has 1 unspecified atom stereocenters. The SMILES string of the molecule is COc1ccc(-c2cc(SCC(=O)c3ccc(F)cc3)nc3c2CCC(C(C)(C)C)C3)cc1. The molecule has 1 atom stereocenters. The van der Waals surface area contributed by atoms with E-state index in [1.165, 1.54) is 47.2 Å². The summed E-state index contributed by atoms with van der Waals surface area (Å²) in [6.45, 7) is 6.90. The van der Waals surface area contributed by atoms with Crippen molar-refractivity contribution in [2.24, 2.45) is 11.3 Å². The Balaban J connectivity index is 1.65. The summed E-state index contributed by atoms with van der Waals surface area (Å²) in [4.78, 5) is 17.6. The van der Waals surface area contributed by atoms with Gasteiger partial charge in [0.05, 0.1) is 17.9 Å². The molecule has 3 aromatic rings. The molecule has 0 saturated carbocycles. The Morgan fingerprint density at radius 3 is 2.45 bits per heavy atom. The standard InChI is InChI=1S/C28H30FNO2S/c1-28(2,3)20-9-14-23-24(18-7-12-22(32-4)13-8-18)16-27(30-25(23)15-20)33-17-26(31)19-5-10-21(29)11-6-19/h5-8,10-13,16,20H,9,14-15,17H2,1-4H3. The maximum absolute atomic E-state index is 13.2. The number of hydrogen-bond donors (Lipinski definition) is 0. The van der Waals surface area contributed by atoms with Crippen molar-refractivity contribution in [3.8, 4) is 16.9 Å². The van der Waals surface area contributed by atoms with Gasteiger partial charge in [0.25, 0.3) is 0 Å². The highest BCUT2D eigenvalue weighted by molar-refractivity contribution is 7.99. The summed E-state index contributed by atoms with van der Waals surface area (Å²) >= 11 is 1.45. The van der Waals surface area contributed by atoms with Gasteiger partial charge < -0.3 is 4.74 Å². The van der Waals surface area contributed by atoms with Gasteiger partial charge in [-0.15, -0.1) is 0 Å². The van der Waals surface area contributed by atoms with E-state index in [9.17, 15) is 9.18 Å². The van der Waals surface area contributed by atoms with Crippen LogP contribution in [0.25, 0.3) is 11.1 Å². The quantitative estimate of drug-likeness (QED) is 0.291. The van der Waals surface area contributed by atoms with Gasteiger partial charge in [-0.05, 0) is 89.8 Å². The lowest BCUT2D eigenvalue weighted by atomic mass is 9.71. The lowest BCUT2D eigenvalue weighted by Crippen LogP contribution is -2.28. The van der Waals surface area contributed by atoms with Crippen LogP contribution < -0.4 is 4.74 Å². The Kier molecular flexibility index (Phi) is 6.89. The zero-order chi connectivity index (χ0) is 23.6. The summed E-state index contributed by atoms with van der Waals surface area (Å²) < 4.78 is 18.5. The minimum Gasteiger partial charge on any atom is -0.497 e. The number of rotatable bonds is 6. The Morgan fingerprint density at radius 1 is 1.12 bits per heavy atom. The fraction of sp³-hybridized carbons (Fsp3) is 0.357. The Bertz CT molecular complexity index is 1130. The highest BCUT2D eigenvalue weighted by Crippen LogP contribution is 2.41. The molecule has 0 spiro atoms. The smallest absolute Gasteiger partial charge is 0.173 e. The lowest BCUT2D eigenvalue weighted by molar-refractivity contribution is 0.102. The molecule has 0 N–H and O–H groups in total. The summed E-state index contributed by atoms with van der Waals surface area (Å²) in [5.74, 6) is 1.30. The van der Waals surface area contributed by atoms with E-state index < -0.39 is 0 Å². The molecule has 33 heavy (non-hydrogen) atoms. The van der Waals surface area contributed by atoms with E-state index in [1.807, 2.05) is 12.1 Å². The van der Waals surface area contributed by atoms with Gasteiger partial charge in [0, 0.05) is 11.3 Å². The molecule has 1 heterocycles. The van der Waals surface area contributed by atoms with Gasteiger partial charge in [-0.25, -0.2) is 9.37 Å². The molecule has 172 valence electrons. The number of fused-ring (bicyclic) bond motifs is 1. The van der Waals surface area contributed by atoms with Crippen LogP contribution in [0.1, 0.15) is 48.8 Å². The first-order valence-corrected chi connectivity index (χ1v) is 12.3. The number of Topliss-reactive ketones (excluding diaryl/α,β-unsaturated/α-hetero) is 1. The minimum atomic E-state index is -0.340. The number of benzene rings is 2. The van der Waals surface area contributed by atoms with Gasteiger partial charge in [-0.3, -0.25) is 4.79 Å². The van der Waals surface area contributed by atoms with E-state index in [2.05, 4.69) is 39.0 Å². The summed E-state index contributed by atoms with van der Waals surface area (Å²) in [6, 6.07) is 16.0. The second kappa shape index (κ2) is 9.68. The van der Waals surface area contributed by atoms with Crippen LogP contribution >= 0.6 is 11.8 Å². The van der Waals surface area contributed by atoms with Crippen LogP contribution in [0, 0.1) is 17.2 Å². The number of halogens is 1. The van der Waals surface area contributed by atoms with Gasteiger partial charge in [0.1, 0.15) is 11.6 Å². The van der Waals surface area contributed by atoms with Gasteiger partial charge >= 0.3 is 0 Å². The number of ether oxygens (including phenoxy) is 1. The lowest BCUT2D eigenvalue weighted by Gasteiger charge is -2.35. The van der Waals surface area contributed by atoms with Crippen molar-refractivity contribution >= 4 is 17.5 Å². The first-order chi connectivity index (χ1) is 15.7. The molecular weight excluding hydrogens is 433 g/mol. The highest BCUT2D eigenvalue weighted by atomic mass is 32.2. The average molecular weight is 464 g/mol. The van der Waals surface area contributed by atoms with Crippen LogP contribution in [0.5, 0.6) is 5.75 Å². The van der Waals surface area contributed by atoms with E-state index in [1.54, 1.807) is 7.11 Å². The van der Waals surface area contributed by atoms with Gasteiger partial charge in [-0.1, -0.05) is 44.7 Å². The Hall–Kier alpha value is -2.66. The predicted octanol–water partition coefficient (Wildman–Crippen LogP) is 7.02. The fourth-order valence-electron chi connectivity index (χ4n) is 4.40. The van der Waals surface area contributed by atoms with Crippen molar-refractivity contribution in [2.45, 2.75) is 45.1 Å². The molecule has 4 rings (SSSR count). The molecule has 3 nitrogen and oxygen atoms in total. The predicted molar refractivity (Wildman–Crippen MR) is 133 cm³/mol. The number of methoxy groups -OCH3 is 1. The topological polar surface area (TPSA) is 39.2 Å². The summed E-state index contributed by atoms with van der Waals surface area (Å²) in [7, 11) is 1.67. The Morgan fingerprint density at radius 2 is 1.82 bits per heavy atom. The number of carbonyl (C=O) groups excluding carboxylic acids is 1. The molecular formula is C28H30FNO2S. The molecule has 0 aliphatic heterocycles. The monoisotopic (exact) mass is 463 g/mol. The number of hydrogen-bond acceptors (Lipinski definition) is 4. The second-order valence-electron chi connectivity index (χ2n) is 9.69. The van der Waals surface area contributed by atoms with Crippen molar-refractivity contribution < 1.29 is 13.9 Å². The summed E-state index contributed by atoms with van der Waals surface area (Å²) in [6.07, 6.45) is 3.10. The zero-order valence-electron chi connectivity index (χ0n) is 19.7. The molecule has 1 aliphatic carbocycles. The van der Waals surface area contributed by atoms with E-state index in [-0.39, 0.29) is 22.8 Å². The van der Waals surface area contributed by atoms with Crippen LogP contribution in [0.3, 0.4) is 0 Å². The molecule has 0 radical (unpaired) electrons. The van der Waals surface area contributed by atoms with E-state index in [0.717, 1.165) is 41.3 Å². The third kappa shape index (κ3) is 5.47. The number of carbonyl (C=O) groups is 1. The number of nitrogens with zero attached hydrogens (tertiary/aromatic N) is 1.